The van der Waals surface area contributed by atoms with Gasteiger partial charge in [0.15, 0.2) is 6.29 Å². The molecule has 0 saturated carbocycles. The van der Waals surface area contributed by atoms with Crippen molar-refractivity contribution in [2.75, 3.05) is 5.75 Å². The van der Waals surface area contributed by atoms with Crippen LogP contribution in [0, 0.1) is 11.8 Å². The van der Waals surface area contributed by atoms with Crippen LogP contribution in [0.5, 0.6) is 0 Å². The molecule has 2 nitrogen and oxygen atoms in total. The smallest absolute Gasteiger partial charge is 0.152 e. The lowest BCUT2D eigenvalue weighted by molar-refractivity contribution is 0.112. The molecular weight excluding hydrogens is 218 g/mol. The Morgan fingerprint density at radius 3 is 3.06 bits per heavy atom. The quantitative estimate of drug-likeness (QED) is 0.463. The van der Waals surface area contributed by atoms with Gasteiger partial charge in [0.25, 0.3) is 0 Å². The van der Waals surface area contributed by atoms with Crippen molar-refractivity contribution < 1.29 is 4.79 Å². The molecule has 0 radical (unpaired) electrons. The predicted molar refractivity (Wildman–Crippen MR) is 69.0 cm³/mol. The molecule has 0 atom stereocenters. The van der Waals surface area contributed by atoms with Gasteiger partial charge >= 0.3 is 0 Å². The predicted octanol–water partition coefficient (Wildman–Crippen LogP) is 2.65. The van der Waals surface area contributed by atoms with Crippen molar-refractivity contribution in [2.45, 2.75) is 6.42 Å². The molecule has 1 heterocycles. The summed E-state index contributed by atoms with van der Waals surface area (Å²) in [5, 5.41) is 0.907. The Labute approximate surface area is 99.5 Å². The number of rotatable bonds is 2. The lowest BCUT2D eigenvalue weighted by atomic mass is 10.1. The van der Waals surface area contributed by atoms with E-state index in [1.165, 1.54) is 0 Å². The maximum absolute atomic E-state index is 10.9. The third-order valence-electron chi connectivity index (χ3n) is 2.32. The highest BCUT2D eigenvalue weighted by molar-refractivity contribution is 7.80. The van der Waals surface area contributed by atoms with Crippen LogP contribution in [0.25, 0.3) is 10.9 Å². The summed E-state index contributed by atoms with van der Waals surface area (Å²) < 4.78 is 0. The third-order valence-corrected chi connectivity index (χ3v) is 2.55. The Morgan fingerprint density at radius 1 is 1.44 bits per heavy atom. The molecule has 80 valence electrons. The second kappa shape index (κ2) is 4.91. The van der Waals surface area contributed by atoms with Crippen molar-refractivity contribution in [1.29, 1.82) is 0 Å². The van der Waals surface area contributed by atoms with Gasteiger partial charge in [-0.15, -0.1) is 0 Å². The van der Waals surface area contributed by atoms with Crippen LogP contribution < -0.4 is 0 Å². The number of nitrogens with one attached hydrogen (secondary N) is 1. The first kappa shape index (κ1) is 10.8. The number of fused-ring (bicyclic) bond motifs is 1. The van der Waals surface area contributed by atoms with E-state index in [1.54, 1.807) is 6.20 Å². The van der Waals surface area contributed by atoms with Crippen LogP contribution in [0.4, 0.5) is 0 Å². The fourth-order valence-corrected chi connectivity index (χ4v) is 1.73. The van der Waals surface area contributed by atoms with Crippen LogP contribution in [-0.2, 0) is 0 Å². The van der Waals surface area contributed by atoms with Crippen molar-refractivity contribution in [3.05, 3.63) is 35.5 Å². The number of hydrogen-bond acceptors (Lipinski definition) is 2. The molecule has 2 aromatic rings. The maximum atomic E-state index is 10.9. The number of carbonyl (C=O) groups is 1. The van der Waals surface area contributed by atoms with Gasteiger partial charge in [-0.1, -0.05) is 17.9 Å². The largest absolute Gasteiger partial charge is 0.360 e. The highest BCUT2D eigenvalue weighted by Crippen LogP contribution is 2.20. The summed E-state index contributed by atoms with van der Waals surface area (Å²) in [6, 6.07) is 5.79. The van der Waals surface area contributed by atoms with Gasteiger partial charge in [0, 0.05) is 40.4 Å². The lowest BCUT2D eigenvalue weighted by Gasteiger charge is -1.95. The highest BCUT2D eigenvalue weighted by atomic mass is 32.1. The van der Waals surface area contributed by atoms with Crippen molar-refractivity contribution in [3.63, 3.8) is 0 Å². The Morgan fingerprint density at radius 2 is 2.31 bits per heavy atom. The van der Waals surface area contributed by atoms with Crippen LogP contribution >= 0.6 is 12.6 Å². The van der Waals surface area contributed by atoms with Crippen LogP contribution in [-0.4, -0.2) is 17.0 Å². The minimum atomic E-state index is 0.658. The van der Waals surface area contributed by atoms with E-state index in [2.05, 4.69) is 29.5 Å². The summed E-state index contributed by atoms with van der Waals surface area (Å²) >= 11 is 4.10. The molecule has 2 rings (SSSR count). The Bertz CT molecular complexity index is 574. The van der Waals surface area contributed by atoms with Gasteiger partial charge in [0.1, 0.15) is 0 Å². The zero-order chi connectivity index (χ0) is 11.4. The average molecular weight is 229 g/mol. The van der Waals surface area contributed by atoms with Gasteiger partial charge in [-0.2, -0.15) is 12.6 Å². The van der Waals surface area contributed by atoms with E-state index in [0.29, 0.717) is 5.56 Å². The number of thiol groups is 1. The molecular formula is C13H11NOS. The number of carbonyl (C=O) groups excluding carboxylic acids is 1. The van der Waals surface area contributed by atoms with E-state index < -0.39 is 0 Å². The van der Waals surface area contributed by atoms with Crippen molar-refractivity contribution in [3.8, 4) is 11.8 Å². The van der Waals surface area contributed by atoms with E-state index in [-0.39, 0.29) is 0 Å². The highest BCUT2D eigenvalue weighted by Gasteiger charge is 2.05. The van der Waals surface area contributed by atoms with Crippen LogP contribution in [0.2, 0.25) is 0 Å². The summed E-state index contributed by atoms with van der Waals surface area (Å²) in [7, 11) is 0. The van der Waals surface area contributed by atoms with Crippen LogP contribution in [0.1, 0.15) is 22.3 Å². The van der Waals surface area contributed by atoms with Crippen molar-refractivity contribution in [2.24, 2.45) is 0 Å². The fourth-order valence-electron chi connectivity index (χ4n) is 1.62. The average Bonchev–Trinajstić information content (AvgIpc) is 2.73. The molecule has 0 bridgehead atoms. The van der Waals surface area contributed by atoms with Gasteiger partial charge < -0.3 is 4.98 Å². The molecule has 1 N–H and O–H groups in total. The fraction of sp³-hybridized carbons (Fsp3) is 0.154. The van der Waals surface area contributed by atoms with Crippen LogP contribution in [0.3, 0.4) is 0 Å². The number of aldehydes is 1. The number of benzene rings is 1. The second-order valence-corrected chi connectivity index (χ2v) is 3.81. The Balaban J connectivity index is 2.56. The van der Waals surface area contributed by atoms with Gasteiger partial charge in [0.05, 0.1) is 0 Å². The van der Waals surface area contributed by atoms with Gasteiger partial charge in [-0.3, -0.25) is 4.79 Å². The van der Waals surface area contributed by atoms with E-state index in [0.717, 1.165) is 34.9 Å². The SMILES string of the molecule is O=Cc1c[nH]c2cccc(C#CCCS)c12. The first-order valence-electron chi connectivity index (χ1n) is 5.02. The first-order chi connectivity index (χ1) is 7.86. The van der Waals surface area contributed by atoms with Crippen LogP contribution in [0.15, 0.2) is 24.4 Å². The Hall–Kier alpha value is -1.66. The molecule has 0 aliphatic heterocycles. The molecule has 0 saturated heterocycles. The minimum Gasteiger partial charge on any atom is -0.360 e. The van der Waals surface area contributed by atoms with Gasteiger partial charge in [-0.05, 0) is 12.1 Å². The molecule has 0 spiro atoms. The summed E-state index contributed by atoms with van der Waals surface area (Å²) in [4.78, 5) is 13.9. The summed E-state index contributed by atoms with van der Waals surface area (Å²) in [6.45, 7) is 0. The molecule has 0 aliphatic carbocycles. The monoisotopic (exact) mass is 229 g/mol. The Kier molecular flexibility index (Phi) is 3.33. The number of aromatic nitrogens is 1. The van der Waals surface area contributed by atoms with E-state index in [1.807, 2.05) is 18.2 Å². The molecule has 1 aromatic carbocycles. The maximum Gasteiger partial charge on any atom is 0.152 e. The molecule has 3 heteroatoms. The zero-order valence-electron chi connectivity index (χ0n) is 8.66. The summed E-state index contributed by atoms with van der Waals surface area (Å²) in [5.41, 5.74) is 2.49. The van der Waals surface area contributed by atoms with E-state index in [4.69, 9.17) is 0 Å². The van der Waals surface area contributed by atoms with Gasteiger partial charge in [-0.25, -0.2) is 0 Å². The summed E-state index contributed by atoms with van der Waals surface area (Å²) in [6.07, 6.45) is 3.31. The first-order valence-corrected chi connectivity index (χ1v) is 5.65. The standard InChI is InChI=1S/C13H11NOS/c15-9-11-8-14-12-6-3-5-10(13(11)12)4-1-2-7-16/h3,5-6,8-9,14,16H,2,7H2. The molecule has 0 amide bonds. The van der Waals surface area contributed by atoms with Gasteiger partial charge in [0.2, 0.25) is 0 Å². The number of hydrogen-bond donors (Lipinski definition) is 2. The van der Waals surface area contributed by atoms with Crippen molar-refractivity contribution in [1.82, 2.24) is 4.98 Å². The van der Waals surface area contributed by atoms with Crippen molar-refractivity contribution >= 4 is 29.8 Å². The molecule has 16 heavy (non-hydrogen) atoms. The zero-order valence-corrected chi connectivity index (χ0v) is 9.55. The van der Waals surface area contributed by atoms with E-state index in [9.17, 15) is 4.79 Å². The second-order valence-electron chi connectivity index (χ2n) is 3.37. The molecule has 0 unspecified atom stereocenters. The minimum absolute atomic E-state index is 0.658. The molecule has 0 aliphatic rings. The van der Waals surface area contributed by atoms with E-state index >= 15 is 0 Å². The third kappa shape index (κ3) is 1.98. The lowest BCUT2D eigenvalue weighted by Crippen LogP contribution is -1.81. The molecule has 0 fully saturated rings. The topological polar surface area (TPSA) is 32.9 Å². The molecule has 1 aromatic heterocycles. The number of aromatic amines is 1. The normalized spacial score (nSPS) is 9.81. The summed E-state index contributed by atoms with van der Waals surface area (Å²) in [5.74, 6) is 6.85. The number of H-pyrrole nitrogens is 1.